The molecule has 1 saturated heterocycles. The van der Waals surface area contributed by atoms with E-state index in [-0.39, 0.29) is 23.3 Å². The number of rotatable bonds is 3. The number of thiophene rings is 1. The van der Waals surface area contributed by atoms with Crippen molar-refractivity contribution in [2.45, 2.75) is 13.0 Å². The zero-order chi connectivity index (χ0) is 13.3. The lowest BCUT2D eigenvalue weighted by atomic mass is 10.1. The lowest BCUT2D eigenvalue weighted by molar-refractivity contribution is -0.133. The van der Waals surface area contributed by atoms with E-state index in [0.29, 0.717) is 17.3 Å². The third-order valence-electron chi connectivity index (χ3n) is 2.98. The van der Waals surface area contributed by atoms with Crippen LogP contribution in [-0.2, 0) is 21.2 Å². The smallest absolute Gasteiger partial charge is 0.226 e. The Morgan fingerprint density at radius 3 is 2.78 bits per heavy atom. The highest BCUT2D eigenvalue weighted by Crippen LogP contribution is 2.24. The van der Waals surface area contributed by atoms with Gasteiger partial charge in [-0.15, -0.1) is 11.3 Å². The van der Waals surface area contributed by atoms with Crippen LogP contribution in [-0.4, -0.2) is 37.8 Å². The maximum absolute atomic E-state index is 12.1. The third-order valence-corrected chi connectivity index (χ3v) is 5.96. The van der Waals surface area contributed by atoms with Crippen LogP contribution in [0.4, 0.5) is 0 Å². The zero-order valence-electron chi connectivity index (χ0n) is 9.93. The molecule has 0 aliphatic carbocycles. The monoisotopic (exact) mass is 307 g/mol. The molecule has 0 aromatic carbocycles. The van der Waals surface area contributed by atoms with Gasteiger partial charge in [-0.1, -0.05) is 11.6 Å². The van der Waals surface area contributed by atoms with Crippen LogP contribution in [0, 0.1) is 5.92 Å². The molecule has 2 rings (SSSR count). The van der Waals surface area contributed by atoms with Gasteiger partial charge in [0.1, 0.15) is 0 Å². The van der Waals surface area contributed by atoms with Gasteiger partial charge < -0.3 is 4.90 Å². The van der Waals surface area contributed by atoms with Crippen LogP contribution in [0.5, 0.6) is 0 Å². The molecule has 2 heterocycles. The van der Waals surface area contributed by atoms with Crippen LogP contribution in [0.2, 0.25) is 4.34 Å². The minimum atomic E-state index is -3.01. The number of carbonyl (C=O) groups is 1. The van der Waals surface area contributed by atoms with Gasteiger partial charge in [0, 0.05) is 11.9 Å². The number of sulfone groups is 1. The van der Waals surface area contributed by atoms with Crippen molar-refractivity contribution in [2.75, 3.05) is 18.6 Å². The van der Waals surface area contributed by atoms with Gasteiger partial charge in [-0.2, -0.15) is 0 Å². The molecule has 18 heavy (non-hydrogen) atoms. The molecule has 0 bridgehead atoms. The summed E-state index contributed by atoms with van der Waals surface area (Å²) in [6.45, 7) is 0.479. The van der Waals surface area contributed by atoms with E-state index in [1.165, 1.54) is 11.3 Å². The van der Waals surface area contributed by atoms with Crippen LogP contribution < -0.4 is 0 Å². The van der Waals surface area contributed by atoms with E-state index in [0.717, 1.165) is 4.88 Å². The zero-order valence-corrected chi connectivity index (χ0v) is 12.3. The normalized spacial score (nSPS) is 22.0. The summed E-state index contributed by atoms with van der Waals surface area (Å²) in [4.78, 5) is 14.7. The standard InChI is InChI=1S/C11H14ClNO3S2/c1-13(6-9-2-3-10(12)17-9)11(14)8-4-5-18(15,16)7-8/h2-3,8H,4-7H2,1H3. The van der Waals surface area contributed by atoms with E-state index in [9.17, 15) is 13.2 Å². The summed E-state index contributed by atoms with van der Waals surface area (Å²) in [6.07, 6.45) is 0.441. The fraction of sp³-hybridized carbons (Fsp3) is 0.545. The number of amides is 1. The van der Waals surface area contributed by atoms with E-state index in [1.807, 2.05) is 6.07 Å². The van der Waals surface area contributed by atoms with Gasteiger partial charge in [0.15, 0.2) is 9.84 Å². The highest BCUT2D eigenvalue weighted by atomic mass is 35.5. The lowest BCUT2D eigenvalue weighted by Gasteiger charge is -2.19. The SMILES string of the molecule is CN(Cc1ccc(Cl)s1)C(=O)C1CCS(=O)(=O)C1. The molecular weight excluding hydrogens is 294 g/mol. The number of halogens is 1. The van der Waals surface area contributed by atoms with Crippen molar-refractivity contribution in [2.24, 2.45) is 5.92 Å². The van der Waals surface area contributed by atoms with Gasteiger partial charge in [-0.25, -0.2) is 8.42 Å². The second kappa shape index (κ2) is 5.19. The molecule has 1 unspecified atom stereocenters. The Kier molecular flexibility index (Phi) is 3.99. The highest BCUT2D eigenvalue weighted by Gasteiger charge is 2.34. The first-order valence-electron chi connectivity index (χ1n) is 5.57. The van der Waals surface area contributed by atoms with Gasteiger partial charge >= 0.3 is 0 Å². The molecular formula is C11H14ClNO3S2. The van der Waals surface area contributed by atoms with Crippen molar-refractivity contribution in [1.82, 2.24) is 4.90 Å². The van der Waals surface area contributed by atoms with Crippen LogP contribution in [0.25, 0.3) is 0 Å². The fourth-order valence-electron chi connectivity index (χ4n) is 2.05. The van der Waals surface area contributed by atoms with Gasteiger partial charge in [-0.05, 0) is 18.6 Å². The van der Waals surface area contributed by atoms with Crippen molar-refractivity contribution < 1.29 is 13.2 Å². The van der Waals surface area contributed by atoms with E-state index < -0.39 is 9.84 Å². The average Bonchev–Trinajstić information content (AvgIpc) is 2.83. The first-order valence-corrected chi connectivity index (χ1v) is 8.58. The van der Waals surface area contributed by atoms with E-state index >= 15 is 0 Å². The van der Waals surface area contributed by atoms with Gasteiger partial charge in [0.05, 0.1) is 28.3 Å². The Morgan fingerprint density at radius 1 is 1.56 bits per heavy atom. The molecule has 1 atom stereocenters. The topological polar surface area (TPSA) is 54.5 Å². The van der Waals surface area contributed by atoms with Gasteiger partial charge in [0.25, 0.3) is 0 Å². The summed E-state index contributed by atoms with van der Waals surface area (Å²) in [5.41, 5.74) is 0. The van der Waals surface area contributed by atoms with Crippen molar-refractivity contribution >= 4 is 38.7 Å². The lowest BCUT2D eigenvalue weighted by Crippen LogP contribution is -2.32. The molecule has 7 heteroatoms. The molecule has 1 fully saturated rings. The summed E-state index contributed by atoms with van der Waals surface area (Å²) in [7, 11) is -1.31. The largest absolute Gasteiger partial charge is 0.340 e. The molecule has 4 nitrogen and oxygen atoms in total. The Morgan fingerprint density at radius 2 is 2.28 bits per heavy atom. The third kappa shape index (κ3) is 3.24. The van der Waals surface area contributed by atoms with Crippen molar-refractivity contribution in [3.8, 4) is 0 Å². The summed E-state index contributed by atoms with van der Waals surface area (Å²) in [6, 6.07) is 3.67. The molecule has 1 amide bonds. The van der Waals surface area contributed by atoms with Gasteiger partial charge in [-0.3, -0.25) is 4.79 Å². The number of carbonyl (C=O) groups excluding carboxylic acids is 1. The Bertz CT molecular complexity index is 552. The predicted octanol–water partition coefficient (Wildman–Crippen LogP) is 1.79. The van der Waals surface area contributed by atoms with Gasteiger partial charge in [0.2, 0.25) is 5.91 Å². The molecule has 0 radical (unpaired) electrons. The minimum absolute atomic E-state index is 0.0125. The van der Waals surface area contributed by atoms with Crippen LogP contribution >= 0.6 is 22.9 Å². The minimum Gasteiger partial charge on any atom is -0.340 e. The molecule has 0 saturated carbocycles. The maximum atomic E-state index is 12.1. The maximum Gasteiger partial charge on any atom is 0.226 e. The molecule has 0 N–H and O–H groups in total. The molecule has 1 aromatic rings. The Balaban J connectivity index is 1.97. The molecule has 100 valence electrons. The van der Waals surface area contributed by atoms with E-state index in [4.69, 9.17) is 11.6 Å². The van der Waals surface area contributed by atoms with Crippen LogP contribution in [0.3, 0.4) is 0 Å². The first-order chi connectivity index (χ1) is 8.37. The van der Waals surface area contributed by atoms with Crippen LogP contribution in [0.15, 0.2) is 12.1 Å². The summed E-state index contributed by atoms with van der Waals surface area (Å²) in [5, 5.41) is 0. The number of hydrogen-bond donors (Lipinski definition) is 0. The molecule has 1 aliphatic rings. The quantitative estimate of drug-likeness (QED) is 0.855. The fourth-order valence-corrected chi connectivity index (χ4v) is 4.92. The summed E-state index contributed by atoms with van der Waals surface area (Å²) in [5.74, 6) is -0.361. The van der Waals surface area contributed by atoms with E-state index in [2.05, 4.69) is 0 Å². The number of nitrogens with zero attached hydrogens (tertiary/aromatic N) is 1. The molecule has 0 spiro atoms. The molecule has 1 aromatic heterocycles. The molecule has 1 aliphatic heterocycles. The Hall–Kier alpha value is -0.590. The average molecular weight is 308 g/mol. The van der Waals surface area contributed by atoms with Crippen molar-refractivity contribution in [1.29, 1.82) is 0 Å². The Labute approximate surface area is 115 Å². The second-order valence-electron chi connectivity index (χ2n) is 4.50. The highest BCUT2D eigenvalue weighted by molar-refractivity contribution is 7.91. The summed E-state index contributed by atoms with van der Waals surface area (Å²) >= 11 is 7.25. The summed E-state index contributed by atoms with van der Waals surface area (Å²) < 4.78 is 23.4. The van der Waals surface area contributed by atoms with Crippen LogP contribution in [0.1, 0.15) is 11.3 Å². The second-order valence-corrected chi connectivity index (χ2v) is 8.53. The number of hydrogen-bond acceptors (Lipinski definition) is 4. The predicted molar refractivity (Wildman–Crippen MR) is 72.6 cm³/mol. The van der Waals surface area contributed by atoms with Crippen molar-refractivity contribution in [3.05, 3.63) is 21.3 Å². The van der Waals surface area contributed by atoms with Crippen molar-refractivity contribution in [3.63, 3.8) is 0 Å². The van der Waals surface area contributed by atoms with E-state index in [1.54, 1.807) is 18.0 Å². The first kappa shape index (κ1) is 13.8.